The fourth-order valence-corrected chi connectivity index (χ4v) is 3.63. The number of aliphatic hydroxyl groups is 1. The number of hydrogen-bond acceptors (Lipinski definition) is 7. The second kappa shape index (κ2) is 11.9. The van der Waals surface area contributed by atoms with Crippen LogP contribution in [-0.4, -0.2) is 71.3 Å². The normalized spacial score (nSPS) is 15.7. The molecule has 5 N–H and O–H groups in total. The number of carbonyl (C=O) groups excluding carboxylic acids is 1. The number of carbonyl (C=O) groups is 1. The van der Waals surface area contributed by atoms with Crippen molar-refractivity contribution >= 4 is 29.5 Å². The van der Waals surface area contributed by atoms with E-state index in [-0.39, 0.29) is 12.5 Å². The zero-order chi connectivity index (χ0) is 22.8. The van der Waals surface area contributed by atoms with Gasteiger partial charge in [0.1, 0.15) is 0 Å². The molecule has 0 aliphatic carbocycles. The summed E-state index contributed by atoms with van der Waals surface area (Å²) in [5.41, 5.74) is 9.50. The minimum absolute atomic E-state index is 0.210. The number of aliphatic hydroxyl groups excluding tert-OH is 1. The molecule has 0 saturated carbocycles. The number of aromatic nitrogens is 1. The Morgan fingerprint density at radius 3 is 2.53 bits per heavy atom. The highest BCUT2D eigenvalue weighted by molar-refractivity contribution is 6.10. The van der Waals surface area contributed by atoms with Gasteiger partial charge in [-0.1, -0.05) is 12.1 Å². The van der Waals surface area contributed by atoms with Crippen LogP contribution in [0.1, 0.15) is 16.7 Å². The van der Waals surface area contributed by atoms with Crippen LogP contribution < -0.4 is 11.1 Å². The molecule has 1 amide bonds. The van der Waals surface area contributed by atoms with Gasteiger partial charge in [0.25, 0.3) is 0 Å². The van der Waals surface area contributed by atoms with E-state index in [9.17, 15) is 4.79 Å². The van der Waals surface area contributed by atoms with Crippen molar-refractivity contribution in [1.82, 2.24) is 14.8 Å². The third-order valence-corrected chi connectivity index (χ3v) is 5.42. The number of pyridine rings is 1. The Labute approximate surface area is 188 Å². The Bertz CT molecular complexity index is 963. The van der Waals surface area contributed by atoms with Gasteiger partial charge in [0.05, 0.1) is 6.61 Å². The molecule has 1 aliphatic rings. The summed E-state index contributed by atoms with van der Waals surface area (Å²) in [4.78, 5) is 21.1. The average Bonchev–Trinajstić information content (AvgIpc) is 2.82. The number of allylic oxidation sites excluding steroid dienone is 1. The van der Waals surface area contributed by atoms with Gasteiger partial charge in [-0.3, -0.25) is 19.6 Å². The monoisotopic (exact) mass is 434 g/mol. The van der Waals surface area contributed by atoms with E-state index in [1.54, 1.807) is 24.5 Å². The summed E-state index contributed by atoms with van der Waals surface area (Å²) in [5.74, 6) is -0.249. The topological polar surface area (TPSA) is 119 Å². The first-order valence-corrected chi connectivity index (χ1v) is 10.6. The van der Waals surface area contributed by atoms with Gasteiger partial charge in [-0.2, -0.15) is 0 Å². The number of piperazine rings is 1. The number of nitrogens with two attached hydrogens (primary N) is 1. The van der Waals surface area contributed by atoms with Crippen LogP contribution in [0.3, 0.4) is 0 Å². The van der Waals surface area contributed by atoms with Crippen LogP contribution in [-0.2, 0) is 11.3 Å². The fraction of sp³-hybridized carbons (Fsp3) is 0.292. The molecular weight excluding hydrogens is 404 g/mol. The minimum Gasteiger partial charge on any atom is -0.404 e. The number of β-amino-alcohol motifs (C(OH)–C–C–N with tert-alkyl or cyclic N) is 1. The van der Waals surface area contributed by atoms with Crippen LogP contribution in [0.5, 0.6) is 0 Å². The van der Waals surface area contributed by atoms with Gasteiger partial charge < -0.3 is 21.6 Å². The quantitative estimate of drug-likeness (QED) is 0.353. The van der Waals surface area contributed by atoms with E-state index in [2.05, 4.69) is 20.1 Å². The maximum absolute atomic E-state index is 12.4. The number of anilines is 1. The first-order chi connectivity index (χ1) is 15.6. The molecule has 8 nitrogen and oxygen atoms in total. The lowest BCUT2D eigenvalue weighted by Gasteiger charge is -2.34. The van der Waals surface area contributed by atoms with Crippen molar-refractivity contribution in [3.05, 3.63) is 71.7 Å². The Kier molecular flexibility index (Phi) is 8.68. The number of nitrogens with zero attached hydrogens (tertiary/aromatic N) is 3. The summed E-state index contributed by atoms with van der Waals surface area (Å²) < 4.78 is 0. The molecule has 0 radical (unpaired) electrons. The Balaban J connectivity index is 1.54. The fourth-order valence-electron chi connectivity index (χ4n) is 3.63. The molecule has 2 aromatic rings. The standard InChI is InChI=1S/C24H30N6O2/c25-15-21(16-26)23-7-8-27-17-20(23)3-6-24(32)28-22-4-1-19(2-5-22)18-30-11-9-29(10-12-30)13-14-31/h1-8,15-17,25,31H,9-14,18,26H2,(H,28,32)/b6-3+,21-16?,25-15?. The second-order valence-corrected chi connectivity index (χ2v) is 7.59. The molecule has 1 aromatic carbocycles. The molecule has 0 unspecified atom stereocenters. The SMILES string of the molecule is N=CC(=CN)c1ccncc1/C=C/C(=O)Nc1ccc(CN2CCN(CCO)CC2)cc1. The van der Waals surface area contributed by atoms with Crippen LogP contribution in [0.4, 0.5) is 5.69 Å². The molecule has 0 atom stereocenters. The first-order valence-electron chi connectivity index (χ1n) is 10.6. The first kappa shape index (κ1) is 23.3. The van der Waals surface area contributed by atoms with E-state index in [0.29, 0.717) is 11.1 Å². The highest BCUT2D eigenvalue weighted by Gasteiger charge is 2.16. The molecule has 8 heteroatoms. The Morgan fingerprint density at radius 2 is 1.88 bits per heavy atom. The zero-order valence-electron chi connectivity index (χ0n) is 18.1. The summed E-state index contributed by atoms with van der Waals surface area (Å²) in [6, 6.07) is 9.63. The summed E-state index contributed by atoms with van der Waals surface area (Å²) in [6.45, 7) is 5.74. The third kappa shape index (κ3) is 6.58. The number of rotatable bonds is 9. The number of amides is 1. The second-order valence-electron chi connectivity index (χ2n) is 7.59. The molecule has 3 rings (SSSR count). The van der Waals surface area contributed by atoms with Crippen LogP contribution in [0.25, 0.3) is 11.6 Å². The van der Waals surface area contributed by atoms with Crippen LogP contribution in [0, 0.1) is 5.41 Å². The molecule has 1 aromatic heterocycles. The van der Waals surface area contributed by atoms with Gasteiger partial charge in [0, 0.05) is 87.0 Å². The Hall–Kier alpha value is -3.33. The molecule has 1 saturated heterocycles. The van der Waals surface area contributed by atoms with E-state index in [0.717, 1.165) is 50.5 Å². The molecule has 0 bridgehead atoms. The van der Waals surface area contributed by atoms with E-state index < -0.39 is 0 Å². The predicted octanol–water partition coefficient (Wildman–Crippen LogP) is 1.79. The van der Waals surface area contributed by atoms with Gasteiger partial charge in [-0.15, -0.1) is 0 Å². The maximum atomic E-state index is 12.4. The van der Waals surface area contributed by atoms with Crippen LogP contribution in [0.15, 0.2) is 55.0 Å². The van der Waals surface area contributed by atoms with Crippen molar-refractivity contribution in [2.45, 2.75) is 6.54 Å². The molecular formula is C24H30N6O2. The largest absolute Gasteiger partial charge is 0.404 e. The van der Waals surface area contributed by atoms with E-state index >= 15 is 0 Å². The molecule has 1 aliphatic heterocycles. The predicted molar refractivity (Wildman–Crippen MR) is 128 cm³/mol. The van der Waals surface area contributed by atoms with E-state index in [1.165, 1.54) is 24.1 Å². The summed E-state index contributed by atoms with van der Waals surface area (Å²) in [5, 5.41) is 19.4. The summed E-state index contributed by atoms with van der Waals surface area (Å²) in [6.07, 6.45) is 8.88. The van der Waals surface area contributed by atoms with Crippen molar-refractivity contribution in [2.75, 3.05) is 44.6 Å². The van der Waals surface area contributed by atoms with Crippen molar-refractivity contribution < 1.29 is 9.90 Å². The molecule has 2 heterocycles. The van der Waals surface area contributed by atoms with Crippen molar-refractivity contribution in [3.63, 3.8) is 0 Å². The van der Waals surface area contributed by atoms with Crippen molar-refractivity contribution in [1.29, 1.82) is 5.41 Å². The summed E-state index contributed by atoms with van der Waals surface area (Å²) >= 11 is 0. The zero-order valence-corrected chi connectivity index (χ0v) is 18.1. The number of hydrogen-bond donors (Lipinski definition) is 4. The molecule has 168 valence electrons. The van der Waals surface area contributed by atoms with Gasteiger partial charge in [0.2, 0.25) is 5.91 Å². The lowest BCUT2D eigenvalue weighted by atomic mass is 10.0. The maximum Gasteiger partial charge on any atom is 0.248 e. The minimum atomic E-state index is -0.249. The van der Waals surface area contributed by atoms with Crippen LogP contribution >= 0.6 is 0 Å². The number of nitrogens with one attached hydrogen (secondary N) is 2. The summed E-state index contributed by atoms with van der Waals surface area (Å²) in [7, 11) is 0. The van der Waals surface area contributed by atoms with E-state index in [1.807, 2.05) is 24.3 Å². The van der Waals surface area contributed by atoms with Crippen molar-refractivity contribution in [3.8, 4) is 0 Å². The van der Waals surface area contributed by atoms with Gasteiger partial charge in [-0.05, 0) is 35.4 Å². The smallest absolute Gasteiger partial charge is 0.248 e. The van der Waals surface area contributed by atoms with E-state index in [4.69, 9.17) is 16.2 Å². The average molecular weight is 435 g/mol. The van der Waals surface area contributed by atoms with Crippen molar-refractivity contribution in [2.24, 2.45) is 5.73 Å². The highest BCUT2D eigenvalue weighted by Crippen LogP contribution is 2.18. The number of benzene rings is 1. The van der Waals surface area contributed by atoms with Crippen LogP contribution in [0.2, 0.25) is 0 Å². The van der Waals surface area contributed by atoms with Gasteiger partial charge in [0.15, 0.2) is 0 Å². The molecule has 0 spiro atoms. The molecule has 32 heavy (non-hydrogen) atoms. The highest BCUT2D eigenvalue weighted by atomic mass is 16.3. The lowest BCUT2D eigenvalue weighted by Crippen LogP contribution is -2.46. The third-order valence-electron chi connectivity index (χ3n) is 5.42. The van der Waals surface area contributed by atoms with Gasteiger partial charge >= 0.3 is 0 Å². The molecule has 1 fully saturated rings. The lowest BCUT2D eigenvalue weighted by molar-refractivity contribution is -0.111. The Morgan fingerprint density at radius 1 is 1.16 bits per heavy atom. The van der Waals surface area contributed by atoms with Gasteiger partial charge in [-0.25, -0.2) is 0 Å².